The normalized spacial score (nSPS) is 11.9. The third-order valence-electron chi connectivity index (χ3n) is 3.63. The maximum Gasteiger partial charge on any atom is 0.184 e. The first-order valence-corrected chi connectivity index (χ1v) is 8.52. The van der Waals surface area contributed by atoms with E-state index in [1.165, 1.54) is 31.2 Å². The van der Waals surface area contributed by atoms with Crippen LogP contribution in [0.3, 0.4) is 0 Å². The minimum absolute atomic E-state index is 0.0476. The summed E-state index contributed by atoms with van der Waals surface area (Å²) in [7, 11) is 0. The van der Waals surface area contributed by atoms with E-state index in [2.05, 4.69) is 41.3 Å². The monoisotopic (exact) mass is 313 g/mol. The largest absolute Gasteiger partial charge is 0.391 e. The molecule has 0 aliphatic rings. The third kappa shape index (κ3) is 5.55. The molecule has 0 saturated carbocycles. The molecule has 23 heavy (non-hydrogen) atoms. The van der Waals surface area contributed by atoms with Gasteiger partial charge in [-0.2, -0.15) is 0 Å². The number of imidazole rings is 1. The lowest BCUT2D eigenvalue weighted by Crippen LogP contribution is -2.13. The Balaban J connectivity index is 2.09. The van der Waals surface area contributed by atoms with Gasteiger partial charge in [-0.25, -0.2) is 4.98 Å². The number of nitrogens with zero attached hydrogens (tertiary/aromatic N) is 3. The zero-order chi connectivity index (χ0) is 16.5. The summed E-state index contributed by atoms with van der Waals surface area (Å²) in [5.74, 6) is 0.758. The van der Waals surface area contributed by atoms with Crippen molar-refractivity contribution in [3.63, 3.8) is 0 Å². The number of benzene rings is 1. The second-order valence-electron chi connectivity index (χ2n) is 6.05. The van der Waals surface area contributed by atoms with Crippen molar-refractivity contribution in [1.82, 2.24) is 9.55 Å². The standard InChI is InChI=1S/C19H27N3O/c1-4-5-6-7-8-17-9-11-18(12-10-17)19(21-23-16(2)3)22-14-13-20-15-22/h9-16H,4-8H2,1-3H3/b21-19+. The van der Waals surface area contributed by atoms with Crippen molar-refractivity contribution in [2.75, 3.05) is 0 Å². The fourth-order valence-corrected chi connectivity index (χ4v) is 2.37. The molecule has 0 amide bonds. The van der Waals surface area contributed by atoms with Crippen LogP contribution in [0.15, 0.2) is 48.1 Å². The maximum atomic E-state index is 5.44. The van der Waals surface area contributed by atoms with Crippen molar-refractivity contribution in [2.45, 2.75) is 59.0 Å². The van der Waals surface area contributed by atoms with E-state index in [-0.39, 0.29) is 6.10 Å². The Hall–Kier alpha value is -2.10. The van der Waals surface area contributed by atoms with Crippen molar-refractivity contribution >= 4 is 5.84 Å². The summed E-state index contributed by atoms with van der Waals surface area (Å²) in [6, 6.07) is 8.58. The van der Waals surface area contributed by atoms with Crippen molar-refractivity contribution < 1.29 is 4.84 Å². The molecular weight excluding hydrogens is 286 g/mol. The van der Waals surface area contributed by atoms with Crippen LogP contribution >= 0.6 is 0 Å². The van der Waals surface area contributed by atoms with E-state index >= 15 is 0 Å². The van der Waals surface area contributed by atoms with Crippen LogP contribution in [0.1, 0.15) is 57.6 Å². The summed E-state index contributed by atoms with van der Waals surface area (Å²) in [4.78, 5) is 9.54. The van der Waals surface area contributed by atoms with Gasteiger partial charge in [-0.1, -0.05) is 55.6 Å². The molecule has 0 fully saturated rings. The van der Waals surface area contributed by atoms with Gasteiger partial charge in [-0.3, -0.25) is 4.57 Å². The van der Waals surface area contributed by atoms with E-state index in [1.54, 1.807) is 12.5 Å². The Morgan fingerprint density at radius 2 is 1.96 bits per heavy atom. The molecule has 1 aromatic heterocycles. The number of hydrogen-bond donors (Lipinski definition) is 0. The predicted molar refractivity (Wildman–Crippen MR) is 94.7 cm³/mol. The van der Waals surface area contributed by atoms with Gasteiger partial charge in [0.15, 0.2) is 5.84 Å². The number of rotatable bonds is 8. The van der Waals surface area contributed by atoms with E-state index in [0.717, 1.165) is 17.8 Å². The Kier molecular flexibility index (Phi) is 6.85. The third-order valence-corrected chi connectivity index (χ3v) is 3.63. The molecule has 0 spiro atoms. The summed E-state index contributed by atoms with van der Waals surface area (Å²) in [5.41, 5.74) is 2.40. The smallest absolute Gasteiger partial charge is 0.184 e. The number of aryl methyl sites for hydroxylation is 1. The minimum Gasteiger partial charge on any atom is -0.391 e. The van der Waals surface area contributed by atoms with Crippen molar-refractivity contribution in [2.24, 2.45) is 5.16 Å². The van der Waals surface area contributed by atoms with Gasteiger partial charge in [0, 0.05) is 18.0 Å². The molecule has 0 aliphatic heterocycles. The Labute approximate surface area is 139 Å². The molecule has 4 nitrogen and oxygen atoms in total. The Morgan fingerprint density at radius 1 is 1.17 bits per heavy atom. The second kappa shape index (κ2) is 9.13. The van der Waals surface area contributed by atoms with Crippen LogP contribution in [0.2, 0.25) is 0 Å². The molecule has 2 aromatic rings. The van der Waals surface area contributed by atoms with Gasteiger partial charge in [0.2, 0.25) is 0 Å². The zero-order valence-electron chi connectivity index (χ0n) is 14.4. The summed E-state index contributed by atoms with van der Waals surface area (Å²) in [6.07, 6.45) is 11.7. The van der Waals surface area contributed by atoms with Gasteiger partial charge in [-0.15, -0.1) is 0 Å². The first-order valence-electron chi connectivity index (χ1n) is 8.52. The van der Waals surface area contributed by atoms with Gasteiger partial charge in [0.05, 0.1) is 0 Å². The molecule has 2 rings (SSSR count). The van der Waals surface area contributed by atoms with Crippen molar-refractivity contribution in [1.29, 1.82) is 0 Å². The lowest BCUT2D eigenvalue weighted by atomic mass is 10.0. The average Bonchev–Trinajstić information content (AvgIpc) is 3.07. The quantitative estimate of drug-likeness (QED) is 0.308. The molecule has 0 unspecified atom stereocenters. The number of oxime groups is 1. The average molecular weight is 313 g/mol. The molecule has 0 saturated heterocycles. The molecule has 124 valence electrons. The molecule has 4 heteroatoms. The van der Waals surface area contributed by atoms with Gasteiger partial charge in [0.1, 0.15) is 12.4 Å². The van der Waals surface area contributed by atoms with Crippen LogP contribution in [0, 0.1) is 0 Å². The highest BCUT2D eigenvalue weighted by atomic mass is 16.6. The fourth-order valence-electron chi connectivity index (χ4n) is 2.37. The highest BCUT2D eigenvalue weighted by molar-refractivity contribution is 5.99. The van der Waals surface area contributed by atoms with Crippen LogP contribution < -0.4 is 0 Å². The minimum atomic E-state index is 0.0476. The summed E-state index contributed by atoms with van der Waals surface area (Å²) in [6.45, 7) is 6.17. The van der Waals surface area contributed by atoms with E-state index in [1.807, 2.05) is 24.6 Å². The first-order chi connectivity index (χ1) is 11.2. The molecule has 1 aromatic carbocycles. The maximum absolute atomic E-state index is 5.44. The van der Waals surface area contributed by atoms with Crippen LogP contribution in [0.4, 0.5) is 0 Å². The SMILES string of the molecule is CCCCCCc1ccc(/C(=N\OC(C)C)n2ccnc2)cc1. The van der Waals surface area contributed by atoms with Crippen LogP contribution in [0.5, 0.6) is 0 Å². The molecule has 0 atom stereocenters. The van der Waals surface area contributed by atoms with E-state index in [4.69, 9.17) is 4.84 Å². The number of unbranched alkanes of at least 4 members (excludes halogenated alkanes) is 3. The van der Waals surface area contributed by atoms with Gasteiger partial charge in [-0.05, 0) is 32.3 Å². The molecule has 0 radical (unpaired) electrons. The van der Waals surface area contributed by atoms with E-state index < -0.39 is 0 Å². The zero-order valence-corrected chi connectivity index (χ0v) is 14.4. The van der Waals surface area contributed by atoms with Crippen LogP contribution in [-0.4, -0.2) is 21.5 Å². The summed E-state index contributed by atoms with van der Waals surface area (Å²) >= 11 is 0. The van der Waals surface area contributed by atoms with Crippen LogP contribution in [-0.2, 0) is 11.3 Å². The van der Waals surface area contributed by atoms with Crippen molar-refractivity contribution in [3.8, 4) is 0 Å². The topological polar surface area (TPSA) is 39.4 Å². The van der Waals surface area contributed by atoms with Crippen LogP contribution in [0.25, 0.3) is 0 Å². The second-order valence-corrected chi connectivity index (χ2v) is 6.05. The molecular formula is C19H27N3O. The lowest BCUT2D eigenvalue weighted by Gasteiger charge is -2.10. The van der Waals surface area contributed by atoms with Crippen molar-refractivity contribution in [3.05, 3.63) is 54.1 Å². The van der Waals surface area contributed by atoms with Gasteiger partial charge >= 0.3 is 0 Å². The Morgan fingerprint density at radius 3 is 2.57 bits per heavy atom. The van der Waals surface area contributed by atoms with Gasteiger partial charge < -0.3 is 4.84 Å². The predicted octanol–water partition coefficient (Wildman–Crippen LogP) is 4.64. The number of hydrogen-bond acceptors (Lipinski definition) is 3. The Bertz CT molecular complexity index is 586. The number of aromatic nitrogens is 2. The fraction of sp³-hybridized carbons (Fsp3) is 0.474. The highest BCUT2D eigenvalue weighted by Gasteiger charge is 2.08. The van der Waals surface area contributed by atoms with E-state index in [9.17, 15) is 0 Å². The summed E-state index contributed by atoms with van der Waals surface area (Å²) < 4.78 is 1.87. The van der Waals surface area contributed by atoms with Gasteiger partial charge in [0.25, 0.3) is 0 Å². The highest BCUT2D eigenvalue weighted by Crippen LogP contribution is 2.12. The molecule has 0 aliphatic carbocycles. The lowest BCUT2D eigenvalue weighted by molar-refractivity contribution is 0.0853. The molecule has 1 heterocycles. The molecule has 0 N–H and O–H groups in total. The molecule has 0 bridgehead atoms. The summed E-state index contributed by atoms with van der Waals surface area (Å²) in [5, 5.41) is 4.29. The first kappa shape index (κ1) is 17.3. The van der Waals surface area contributed by atoms with E-state index in [0.29, 0.717) is 0 Å².